The van der Waals surface area contributed by atoms with Crippen LogP contribution in [0, 0.1) is 5.41 Å². The highest BCUT2D eigenvalue weighted by molar-refractivity contribution is 6.32. The van der Waals surface area contributed by atoms with Crippen LogP contribution < -0.4 is 14.8 Å². The first-order valence-electron chi connectivity index (χ1n) is 15.6. The number of hydrogen-bond donors (Lipinski definition) is 1. The van der Waals surface area contributed by atoms with Crippen LogP contribution in [-0.4, -0.2) is 103 Å². The molecule has 1 aromatic carbocycles. The van der Waals surface area contributed by atoms with Gasteiger partial charge in [-0.15, -0.1) is 10.2 Å². The zero-order valence-corrected chi connectivity index (χ0v) is 26.9. The van der Waals surface area contributed by atoms with E-state index in [4.69, 9.17) is 33.7 Å². The van der Waals surface area contributed by atoms with Crippen molar-refractivity contribution in [1.82, 2.24) is 44.9 Å². The fraction of sp³-hybridized carbons (Fsp3) is 0.533. The van der Waals surface area contributed by atoms with Crippen molar-refractivity contribution in [3.05, 3.63) is 48.1 Å². The first-order chi connectivity index (χ1) is 23.0. The van der Waals surface area contributed by atoms with Crippen LogP contribution in [0.3, 0.4) is 0 Å². The molecule has 2 radical (unpaired) electrons. The lowest BCUT2D eigenvalue weighted by atomic mass is 9.57. The molecular weight excluding hydrogens is 652 g/mol. The highest BCUT2D eigenvalue weighted by Crippen LogP contribution is 2.56. The van der Waals surface area contributed by atoms with E-state index in [1.165, 1.54) is 6.33 Å². The second-order valence-corrected chi connectivity index (χ2v) is 13.3. The highest BCUT2D eigenvalue weighted by Gasteiger charge is 2.56. The first-order valence-corrected chi connectivity index (χ1v) is 16.0. The van der Waals surface area contributed by atoms with Gasteiger partial charge in [-0.25, -0.2) is 14.6 Å². The van der Waals surface area contributed by atoms with Crippen molar-refractivity contribution in [1.29, 1.82) is 0 Å². The average Bonchev–Trinajstić information content (AvgIpc) is 3.66. The summed E-state index contributed by atoms with van der Waals surface area (Å²) in [6.45, 7) is 3.94. The minimum absolute atomic E-state index is 0.0274. The molecule has 1 N–H and O–H groups in total. The third kappa shape index (κ3) is 7.08. The number of ether oxygens (including phenoxy) is 3. The Morgan fingerprint density at radius 1 is 1.15 bits per heavy atom. The van der Waals surface area contributed by atoms with Crippen molar-refractivity contribution >= 4 is 31.1 Å². The van der Waals surface area contributed by atoms with Crippen LogP contribution in [-0.2, 0) is 11.3 Å². The summed E-state index contributed by atoms with van der Waals surface area (Å²) in [5, 5.41) is 18.9. The fourth-order valence-corrected chi connectivity index (χ4v) is 6.79. The zero-order chi connectivity index (χ0) is 33.5. The van der Waals surface area contributed by atoms with Crippen LogP contribution in [0.1, 0.15) is 38.6 Å². The smallest absolute Gasteiger partial charge is 0.422 e. The maximum atomic E-state index is 13.1. The number of alkyl halides is 3. The molecule has 3 aromatic heterocycles. The maximum Gasteiger partial charge on any atom is 0.422 e. The minimum Gasteiger partial charge on any atom is -0.487 e. The van der Waals surface area contributed by atoms with E-state index in [-0.39, 0.29) is 40.5 Å². The van der Waals surface area contributed by atoms with Crippen molar-refractivity contribution < 1.29 is 27.4 Å². The SMILES string of the molecule is [B]C1(N2CC3(CC(n4cc(Nc5ncc(-c6ccc(Cl)c(O[C@@H](C)Cn7cnnn7)c6)cn5)c(OCC(F)(F)F)n4)C3)C2)CCOCC1. The van der Waals surface area contributed by atoms with Gasteiger partial charge in [0.1, 0.15) is 23.9 Å². The molecule has 1 aliphatic carbocycles. The van der Waals surface area contributed by atoms with Crippen LogP contribution in [0.4, 0.5) is 24.8 Å². The molecule has 1 spiro atoms. The van der Waals surface area contributed by atoms with E-state index < -0.39 is 12.8 Å². The summed E-state index contributed by atoms with van der Waals surface area (Å²) < 4.78 is 59.1. The van der Waals surface area contributed by atoms with Crippen LogP contribution >= 0.6 is 11.6 Å². The number of nitrogens with zero attached hydrogens (tertiary/aromatic N) is 9. The number of likely N-dealkylation sites (tertiary alicyclic amines) is 1. The standard InChI is InChI=1S/C30H33BClF3N10O3/c1-19(13-44-18-38-41-42-44)48-25-8-20(2-3-23(25)32)21-11-36-27(37-12-21)39-24-14-45(40-26(24)47-17-30(33,34)35)22-9-28(10-22)15-43(16-28)29(31)4-6-46-7-5-29/h2-3,8,11-12,14,18-19,22H,4-7,9-10,13,15-17H2,1H3,(H,36,37,39)/t19-/m0/s1. The number of halogens is 4. The van der Waals surface area contributed by atoms with Crippen molar-refractivity contribution in [2.24, 2.45) is 5.41 Å². The summed E-state index contributed by atoms with van der Waals surface area (Å²) in [5.74, 6) is 0.462. The first kappa shape index (κ1) is 32.6. The van der Waals surface area contributed by atoms with Crippen LogP contribution in [0.5, 0.6) is 11.6 Å². The second kappa shape index (κ2) is 12.8. The quantitative estimate of drug-likeness (QED) is 0.225. The van der Waals surface area contributed by atoms with Gasteiger partial charge in [0.05, 0.1) is 31.7 Å². The number of anilines is 2. The Bertz CT molecular complexity index is 1710. The molecule has 0 bridgehead atoms. The Hall–Kier alpha value is -3.96. The minimum atomic E-state index is -4.52. The topological polar surface area (TPSA) is 130 Å². The average molecular weight is 685 g/mol. The van der Waals surface area contributed by atoms with Crippen molar-refractivity contribution in [3.8, 4) is 22.8 Å². The fourth-order valence-electron chi connectivity index (χ4n) is 6.63. The van der Waals surface area contributed by atoms with E-state index in [1.807, 2.05) is 13.0 Å². The maximum absolute atomic E-state index is 13.1. The molecule has 3 fully saturated rings. The number of nitrogens with one attached hydrogen (secondary N) is 1. The molecule has 18 heteroatoms. The van der Waals surface area contributed by atoms with Gasteiger partial charge in [0.15, 0.2) is 6.61 Å². The third-order valence-corrected chi connectivity index (χ3v) is 9.46. The Morgan fingerprint density at radius 2 is 1.90 bits per heavy atom. The number of aromatic nitrogens is 8. The summed E-state index contributed by atoms with van der Waals surface area (Å²) in [5.41, 5.74) is 1.48. The van der Waals surface area contributed by atoms with Crippen molar-refractivity contribution in [3.63, 3.8) is 0 Å². The van der Waals surface area contributed by atoms with Gasteiger partial charge in [0.2, 0.25) is 5.95 Å². The molecule has 2 aliphatic heterocycles. The molecule has 48 heavy (non-hydrogen) atoms. The lowest BCUT2D eigenvalue weighted by Gasteiger charge is -2.64. The van der Waals surface area contributed by atoms with Crippen LogP contribution in [0.2, 0.25) is 5.02 Å². The van der Waals surface area contributed by atoms with Gasteiger partial charge < -0.3 is 24.4 Å². The van der Waals surface area contributed by atoms with Gasteiger partial charge in [-0.05, 0) is 71.6 Å². The highest BCUT2D eigenvalue weighted by atomic mass is 35.5. The molecule has 4 aromatic rings. The van der Waals surface area contributed by atoms with E-state index >= 15 is 0 Å². The predicted molar refractivity (Wildman–Crippen MR) is 168 cm³/mol. The van der Waals surface area contributed by atoms with Crippen LogP contribution in [0.15, 0.2) is 43.1 Å². The zero-order valence-electron chi connectivity index (χ0n) is 26.1. The molecule has 7 rings (SSSR count). The van der Waals surface area contributed by atoms with Gasteiger partial charge in [-0.2, -0.15) is 13.2 Å². The predicted octanol–water partition coefficient (Wildman–Crippen LogP) is 4.44. The summed E-state index contributed by atoms with van der Waals surface area (Å²) in [6, 6.07) is 5.33. The molecule has 5 heterocycles. The monoisotopic (exact) mass is 684 g/mol. The van der Waals surface area contributed by atoms with Gasteiger partial charge in [-0.1, -0.05) is 17.7 Å². The summed E-state index contributed by atoms with van der Waals surface area (Å²) in [6.07, 6.45) is 4.85. The van der Waals surface area contributed by atoms with Crippen molar-refractivity contribution in [2.45, 2.75) is 62.9 Å². The molecule has 1 atom stereocenters. The van der Waals surface area contributed by atoms with Gasteiger partial charge >= 0.3 is 6.18 Å². The van der Waals surface area contributed by atoms with E-state index in [0.29, 0.717) is 36.1 Å². The lowest BCUT2D eigenvalue weighted by Crippen LogP contribution is -2.70. The normalized spacial score (nSPS) is 19.8. The number of tetrazole rings is 1. The van der Waals surface area contributed by atoms with Gasteiger partial charge in [0.25, 0.3) is 5.88 Å². The molecule has 13 nitrogen and oxygen atoms in total. The molecule has 252 valence electrons. The molecular formula is C30H33BClF3N10O3. The van der Waals surface area contributed by atoms with E-state index in [0.717, 1.165) is 44.3 Å². The Kier molecular flexibility index (Phi) is 8.70. The number of hydrogen-bond acceptors (Lipinski definition) is 11. The molecule has 3 aliphatic rings. The molecule has 2 saturated heterocycles. The summed E-state index contributed by atoms with van der Waals surface area (Å²) in [4.78, 5) is 11.1. The van der Waals surface area contributed by atoms with E-state index in [9.17, 15) is 13.2 Å². The third-order valence-electron chi connectivity index (χ3n) is 9.15. The van der Waals surface area contributed by atoms with Gasteiger partial charge in [0, 0.05) is 44.3 Å². The molecule has 0 unspecified atom stereocenters. The molecule has 0 amide bonds. The van der Waals surface area contributed by atoms with E-state index in [1.54, 1.807) is 40.1 Å². The van der Waals surface area contributed by atoms with Crippen molar-refractivity contribution in [2.75, 3.05) is 38.2 Å². The lowest BCUT2D eigenvalue weighted by molar-refractivity contribution is -0.154. The van der Waals surface area contributed by atoms with Crippen LogP contribution in [0.25, 0.3) is 11.1 Å². The number of benzene rings is 1. The Balaban J connectivity index is 1.01. The molecule has 1 saturated carbocycles. The van der Waals surface area contributed by atoms with Gasteiger partial charge in [-0.3, -0.25) is 4.68 Å². The number of rotatable bonds is 11. The Morgan fingerprint density at radius 3 is 2.58 bits per heavy atom. The second-order valence-electron chi connectivity index (χ2n) is 12.9. The largest absolute Gasteiger partial charge is 0.487 e. The van der Waals surface area contributed by atoms with E-state index in [2.05, 4.69) is 40.8 Å². The Labute approximate surface area is 280 Å². The summed E-state index contributed by atoms with van der Waals surface area (Å²) >= 11 is 6.39. The summed E-state index contributed by atoms with van der Waals surface area (Å²) in [7, 11) is 6.65.